The average molecular weight is 434 g/mol. The molecule has 0 aliphatic carbocycles. The highest BCUT2D eigenvalue weighted by atomic mass is 32.3. The Labute approximate surface area is 173 Å². The van der Waals surface area contributed by atoms with E-state index in [1.807, 2.05) is 0 Å². The number of anilines is 2. The minimum atomic E-state index is -3.26. The molecule has 3 aromatic rings. The second-order valence-corrected chi connectivity index (χ2v) is 9.32. The van der Waals surface area contributed by atoms with Gasteiger partial charge in [0.05, 0.1) is 11.9 Å². The summed E-state index contributed by atoms with van der Waals surface area (Å²) in [5.41, 5.74) is 5.62. The Morgan fingerprint density at radius 1 is 1.20 bits per heavy atom. The number of rotatable bonds is 3. The number of pyridine rings is 2. The van der Waals surface area contributed by atoms with Gasteiger partial charge in [0, 0.05) is 29.9 Å². The molecule has 0 unspecified atom stereocenters. The highest BCUT2D eigenvalue weighted by Gasteiger charge is 2.41. The maximum Gasteiger partial charge on any atom is 0.210 e. The SMILES string of the molecule is CN1C(N)=N[C@](C)(c2cc(Nc3nccc4cc(F)cnc34)ccc2F)CS1(O)O. The monoisotopic (exact) mass is 434 g/mol. The number of nitrogens with zero attached hydrogens (tertiary/aromatic N) is 4. The minimum absolute atomic E-state index is 0.0940. The summed E-state index contributed by atoms with van der Waals surface area (Å²) < 4.78 is 50.0. The van der Waals surface area contributed by atoms with Gasteiger partial charge in [-0.25, -0.2) is 28.0 Å². The fraction of sp³-hybridized carbons (Fsp3) is 0.211. The lowest BCUT2D eigenvalue weighted by molar-refractivity contribution is 0.391. The van der Waals surface area contributed by atoms with Gasteiger partial charge in [-0.1, -0.05) is 0 Å². The molecule has 0 saturated carbocycles. The van der Waals surface area contributed by atoms with Crippen molar-refractivity contribution < 1.29 is 17.9 Å². The lowest BCUT2D eigenvalue weighted by Gasteiger charge is -2.49. The molecule has 2 aromatic heterocycles. The first-order chi connectivity index (χ1) is 14.1. The molecule has 0 bridgehead atoms. The van der Waals surface area contributed by atoms with Crippen molar-refractivity contribution in [1.29, 1.82) is 0 Å². The van der Waals surface area contributed by atoms with E-state index in [-0.39, 0.29) is 17.3 Å². The summed E-state index contributed by atoms with van der Waals surface area (Å²) in [7, 11) is -1.83. The van der Waals surface area contributed by atoms with E-state index >= 15 is 0 Å². The van der Waals surface area contributed by atoms with E-state index in [0.29, 0.717) is 22.4 Å². The van der Waals surface area contributed by atoms with E-state index in [4.69, 9.17) is 5.73 Å². The van der Waals surface area contributed by atoms with Gasteiger partial charge >= 0.3 is 0 Å². The minimum Gasteiger partial charge on any atom is -0.369 e. The third kappa shape index (κ3) is 3.51. The molecule has 158 valence electrons. The summed E-state index contributed by atoms with van der Waals surface area (Å²) in [6.07, 6.45) is 2.60. The lowest BCUT2D eigenvalue weighted by Crippen LogP contribution is -2.47. The van der Waals surface area contributed by atoms with Gasteiger partial charge in [-0.05, 0) is 37.3 Å². The molecule has 1 aromatic carbocycles. The second-order valence-electron chi connectivity index (χ2n) is 7.22. The normalized spacial score (nSPS) is 21.9. The number of fused-ring (bicyclic) bond motifs is 1. The Morgan fingerprint density at radius 2 is 1.97 bits per heavy atom. The first kappa shape index (κ1) is 20.3. The van der Waals surface area contributed by atoms with Crippen molar-refractivity contribution in [3.63, 3.8) is 0 Å². The summed E-state index contributed by atoms with van der Waals surface area (Å²) in [6.45, 7) is 1.59. The zero-order valence-corrected chi connectivity index (χ0v) is 17.0. The molecule has 4 rings (SSSR count). The van der Waals surface area contributed by atoms with Crippen LogP contribution in [0.5, 0.6) is 0 Å². The maximum absolute atomic E-state index is 14.7. The van der Waals surface area contributed by atoms with Crippen LogP contribution in [0, 0.1) is 11.6 Å². The maximum atomic E-state index is 14.7. The van der Waals surface area contributed by atoms with Gasteiger partial charge in [0.25, 0.3) is 0 Å². The quantitative estimate of drug-likeness (QED) is 0.495. The standard InChI is InChI=1S/C19H20F2N6O2S/c1-19(10-30(28,29)27(2)18(22)26-19)14-8-13(3-4-15(14)21)25-17-16-11(5-6-23-17)7-12(20)9-24-16/h3-9,28-29H,10H2,1-2H3,(H2,22,26)(H,23,25)/t19-/m0/s1. The molecule has 3 heterocycles. The van der Waals surface area contributed by atoms with Crippen LogP contribution in [0.25, 0.3) is 10.9 Å². The molecule has 0 radical (unpaired) electrons. The molecule has 1 aliphatic rings. The number of nitrogens with two attached hydrogens (primary N) is 1. The fourth-order valence-electron chi connectivity index (χ4n) is 3.39. The van der Waals surface area contributed by atoms with Crippen molar-refractivity contribution >= 4 is 39.1 Å². The molecule has 8 nitrogen and oxygen atoms in total. The Bertz CT molecular complexity index is 1170. The van der Waals surface area contributed by atoms with E-state index in [1.54, 1.807) is 13.0 Å². The zero-order valence-electron chi connectivity index (χ0n) is 16.2. The molecule has 1 aliphatic heterocycles. The van der Waals surface area contributed by atoms with Gasteiger partial charge in [0.1, 0.15) is 22.7 Å². The fourth-order valence-corrected chi connectivity index (χ4v) is 4.90. The zero-order chi connectivity index (χ0) is 21.7. The number of aromatic nitrogens is 2. The molecule has 0 fully saturated rings. The molecule has 1 atom stereocenters. The van der Waals surface area contributed by atoms with Crippen LogP contribution < -0.4 is 11.1 Å². The Kier molecular flexibility index (Phi) is 4.76. The van der Waals surface area contributed by atoms with Crippen LogP contribution in [0.3, 0.4) is 0 Å². The van der Waals surface area contributed by atoms with Crippen LogP contribution in [0.4, 0.5) is 20.3 Å². The third-order valence-corrected chi connectivity index (χ3v) is 6.99. The number of hydrogen-bond acceptors (Lipinski definition) is 8. The molecule has 11 heteroatoms. The van der Waals surface area contributed by atoms with Crippen LogP contribution in [-0.4, -0.2) is 42.1 Å². The van der Waals surface area contributed by atoms with Gasteiger partial charge in [-0.15, -0.1) is 10.8 Å². The smallest absolute Gasteiger partial charge is 0.210 e. The first-order valence-corrected chi connectivity index (χ1v) is 10.6. The van der Waals surface area contributed by atoms with Gasteiger partial charge < -0.3 is 11.1 Å². The van der Waals surface area contributed by atoms with E-state index in [0.717, 1.165) is 10.5 Å². The van der Waals surface area contributed by atoms with E-state index in [1.165, 1.54) is 37.5 Å². The predicted molar refractivity (Wildman–Crippen MR) is 114 cm³/mol. The Hall–Kier alpha value is -3.02. The van der Waals surface area contributed by atoms with Gasteiger partial charge in [-0.3, -0.25) is 9.11 Å². The Balaban J connectivity index is 1.75. The molecule has 0 saturated heterocycles. The number of aliphatic imine (C=N–C) groups is 1. The Morgan fingerprint density at radius 3 is 2.70 bits per heavy atom. The van der Waals surface area contributed by atoms with Crippen LogP contribution in [0.1, 0.15) is 12.5 Å². The summed E-state index contributed by atoms with van der Waals surface area (Å²) >= 11 is 0. The molecular formula is C19H20F2N6O2S. The van der Waals surface area contributed by atoms with Crippen molar-refractivity contribution in [3.05, 3.63) is 59.9 Å². The summed E-state index contributed by atoms with van der Waals surface area (Å²) in [5.74, 6) is -0.974. The van der Waals surface area contributed by atoms with Crippen LogP contribution in [0.2, 0.25) is 0 Å². The van der Waals surface area contributed by atoms with Crippen molar-refractivity contribution in [3.8, 4) is 0 Å². The van der Waals surface area contributed by atoms with E-state index in [9.17, 15) is 17.9 Å². The van der Waals surface area contributed by atoms with Gasteiger partial charge in [0.15, 0.2) is 5.82 Å². The molecular weight excluding hydrogens is 414 g/mol. The van der Waals surface area contributed by atoms with Gasteiger partial charge in [-0.2, -0.15) is 0 Å². The van der Waals surface area contributed by atoms with Gasteiger partial charge in [0.2, 0.25) is 5.96 Å². The highest BCUT2D eigenvalue weighted by Crippen LogP contribution is 2.51. The average Bonchev–Trinajstić information content (AvgIpc) is 2.67. The van der Waals surface area contributed by atoms with Crippen LogP contribution >= 0.6 is 10.8 Å². The lowest BCUT2D eigenvalue weighted by atomic mass is 9.93. The molecule has 5 N–H and O–H groups in total. The van der Waals surface area contributed by atoms with Crippen molar-refractivity contribution in [2.75, 3.05) is 18.1 Å². The summed E-state index contributed by atoms with van der Waals surface area (Å²) in [5, 5.41) is 3.62. The highest BCUT2D eigenvalue weighted by molar-refractivity contribution is 8.22. The molecule has 0 spiro atoms. The number of guanidine groups is 1. The molecule has 30 heavy (non-hydrogen) atoms. The van der Waals surface area contributed by atoms with E-state index in [2.05, 4.69) is 20.3 Å². The number of hydrogen-bond donors (Lipinski definition) is 4. The second kappa shape index (κ2) is 7.04. The van der Waals surface area contributed by atoms with E-state index < -0.39 is 27.9 Å². The molecule has 0 amide bonds. The first-order valence-electron chi connectivity index (χ1n) is 8.91. The summed E-state index contributed by atoms with van der Waals surface area (Å²) in [6, 6.07) is 7.24. The van der Waals surface area contributed by atoms with Crippen LogP contribution in [0.15, 0.2) is 47.7 Å². The summed E-state index contributed by atoms with van der Waals surface area (Å²) in [4.78, 5) is 12.6. The van der Waals surface area contributed by atoms with Crippen molar-refractivity contribution in [2.24, 2.45) is 10.7 Å². The van der Waals surface area contributed by atoms with Crippen molar-refractivity contribution in [1.82, 2.24) is 14.3 Å². The third-order valence-electron chi connectivity index (χ3n) is 4.97. The number of nitrogens with one attached hydrogen (secondary N) is 1. The number of benzene rings is 1. The predicted octanol–water partition coefficient (Wildman–Crippen LogP) is 3.79. The largest absolute Gasteiger partial charge is 0.369 e. The van der Waals surface area contributed by atoms with Crippen molar-refractivity contribution in [2.45, 2.75) is 12.5 Å². The topological polar surface area (TPSA) is 120 Å². The number of halogens is 2. The van der Waals surface area contributed by atoms with Crippen LogP contribution in [-0.2, 0) is 5.54 Å².